The summed E-state index contributed by atoms with van der Waals surface area (Å²) in [7, 11) is 0. The fourth-order valence-corrected chi connectivity index (χ4v) is 2.75. The zero-order chi connectivity index (χ0) is 14.2. The molecule has 1 aliphatic rings. The van der Waals surface area contributed by atoms with Crippen molar-refractivity contribution in [1.82, 2.24) is 15.1 Å². The van der Waals surface area contributed by atoms with Crippen molar-refractivity contribution in [2.45, 2.75) is 45.4 Å². The lowest BCUT2D eigenvalue weighted by molar-refractivity contribution is 0.218. The van der Waals surface area contributed by atoms with E-state index >= 15 is 0 Å². The molecular formula is C15H18N4O. The highest BCUT2D eigenvalue weighted by molar-refractivity contribution is 5.51. The first-order chi connectivity index (χ1) is 9.57. The van der Waals surface area contributed by atoms with Gasteiger partial charge in [0.1, 0.15) is 11.8 Å². The summed E-state index contributed by atoms with van der Waals surface area (Å²) in [6.07, 6.45) is 6.26. The van der Waals surface area contributed by atoms with E-state index in [1.807, 2.05) is 0 Å². The zero-order valence-electron chi connectivity index (χ0n) is 11.8. The van der Waals surface area contributed by atoms with E-state index in [1.54, 1.807) is 12.3 Å². The molecule has 2 heterocycles. The van der Waals surface area contributed by atoms with Crippen LogP contribution in [0.3, 0.4) is 0 Å². The summed E-state index contributed by atoms with van der Waals surface area (Å²) in [5.41, 5.74) is 1.71. The maximum Gasteiger partial charge on any atom is 0.274 e. The molecule has 1 N–H and O–H groups in total. The van der Waals surface area contributed by atoms with Gasteiger partial charge in [0, 0.05) is 12.1 Å². The second kappa shape index (κ2) is 4.78. The molecule has 5 heteroatoms. The Morgan fingerprint density at radius 1 is 1.40 bits per heavy atom. The van der Waals surface area contributed by atoms with Gasteiger partial charge in [0.25, 0.3) is 5.89 Å². The Bertz CT molecular complexity index is 637. The quantitative estimate of drug-likeness (QED) is 0.903. The average Bonchev–Trinajstić information content (AvgIpc) is 3.07. The van der Waals surface area contributed by atoms with Gasteiger partial charge in [-0.3, -0.25) is 0 Å². The van der Waals surface area contributed by atoms with Crippen molar-refractivity contribution >= 4 is 0 Å². The monoisotopic (exact) mass is 270 g/mol. The van der Waals surface area contributed by atoms with E-state index in [1.165, 1.54) is 12.8 Å². The van der Waals surface area contributed by atoms with Gasteiger partial charge in [-0.25, -0.2) is 0 Å². The van der Waals surface area contributed by atoms with Crippen LogP contribution in [0.1, 0.15) is 56.8 Å². The molecule has 0 aromatic carbocycles. The van der Waals surface area contributed by atoms with Crippen LogP contribution >= 0.6 is 0 Å². The Kier molecular flexibility index (Phi) is 3.09. The summed E-state index contributed by atoms with van der Waals surface area (Å²) in [5, 5.41) is 12.9. The van der Waals surface area contributed by atoms with Gasteiger partial charge in [0.2, 0.25) is 0 Å². The van der Waals surface area contributed by atoms with E-state index in [0.29, 0.717) is 28.5 Å². The summed E-state index contributed by atoms with van der Waals surface area (Å²) in [6.45, 7) is 4.63. The van der Waals surface area contributed by atoms with Crippen LogP contribution in [0.4, 0.5) is 0 Å². The molecule has 1 saturated carbocycles. The first kappa shape index (κ1) is 12.9. The van der Waals surface area contributed by atoms with Gasteiger partial charge in [0.05, 0.1) is 5.56 Å². The summed E-state index contributed by atoms with van der Waals surface area (Å²) in [5.74, 6) is 1.65. The van der Waals surface area contributed by atoms with Crippen LogP contribution in [0, 0.1) is 16.7 Å². The molecule has 1 aliphatic carbocycles. The SMILES string of the molecule is CC1(C)CCC(c2noc(-c3cc(C#N)c[nH]3)n2)CC1. The van der Waals surface area contributed by atoms with Gasteiger partial charge in [-0.05, 0) is 37.2 Å². The molecule has 0 spiro atoms. The second-order valence-corrected chi connectivity index (χ2v) is 6.31. The van der Waals surface area contributed by atoms with Crippen molar-refractivity contribution < 1.29 is 4.52 Å². The number of nitrogens with one attached hydrogen (secondary N) is 1. The number of hydrogen-bond donors (Lipinski definition) is 1. The van der Waals surface area contributed by atoms with E-state index in [-0.39, 0.29) is 0 Å². The Labute approximate surface area is 118 Å². The molecule has 5 nitrogen and oxygen atoms in total. The van der Waals surface area contributed by atoms with Gasteiger partial charge in [-0.15, -0.1) is 0 Å². The van der Waals surface area contributed by atoms with Crippen molar-refractivity contribution in [3.05, 3.63) is 23.7 Å². The molecule has 2 aromatic rings. The number of nitrogens with zero attached hydrogens (tertiary/aromatic N) is 3. The molecule has 2 aromatic heterocycles. The number of rotatable bonds is 2. The van der Waals surface area contributed by atoms with E-state index in [9.17, 15) is 0 Å². The lowest BCUT2D eigenvalue weighted by Gasteiger charge is -2.32. The largest absolute Gasteiger partial charge is 0.356 e. The van der Waals surface area contributed by atoms with Crippen molar-refractivity contribution in [2.75, 3.05) is 0 Å². The van der Waals surface area contributed by atoms with E-state index < -0.39 is 0 Å². The van der Waals surface area contributed by atoms with Crippen LogP contribution in [-0.4, -0.2) is 15.1 Å². The highest BCUT2D eigenvalue weighted by Gasteiger charge is 2.30. The summed E-state index contributed by atoms with van der Waals surface area (Å²) in [4.78, 5) is 7.46. The van der Waals surface area contributed by atoms with Crippen LogP contribution in [0.5, 0.6) is 0 Å². The lowest BCUT2D eigenvalue weighted by Crippen LogP contribution is -2.20. The Morgan fingerprint density at radius 3 is 2.80 bits per heavy atom. The van der Waals surface area contributed by atoms with E-state index in [2.05, 4.69) is 35.0 Å². The minimum Gasteiger partial charge on any atom is -0.356 e. The predicted octanol–water partition coefficient (Wildman–Crippen LogP) is 3.62. The number of aromatic nitrogens is 3. The fourth-order valence-electron chi connectivity index (χ4n) is 2.75. The molecule has 0 radical (unpaired) electrons. The van der Waals surface area contributed by atoms with Crippen molar-refractivity contribution in [3.8, 4) is 17.7 Å². The third-order valence-corrected chi connectivity index (χ3v) is 4.19. The first-order valence-corrected chi connectivity index (χ1v) is 7.00. The van der Waals surface area contributed by atoms with Gasteiger partial charge in [-0.2, -0.15) is 10.2 Å². The number of aromatic amines is 1. The topological polar surface area (TPSA) is 78.5 Å². The fraction of sp³-hybridized carbons (Fsp3) is 0.533. The maximum atomic E-state index is 8.82. The average molecular weight is 270 g/mol. The third-order valence-electron chi connectivity index (χ3n) is 4.19. The number of nitriles is 1. The third kappa shape index (κ3) is 2.46. The predicted molar refractivity (Wildman–Crippen MR) is 73.8 cm³/mol. The molecule has 3 rings (SSSR count). The van der Waals surface area contributed by atoms with Gasteiger partial charge in [-0.1, -0.05) is 19.0 Å². The summed E-state index contributed by atoms with van der Waals surface area (Å²) < 4.78 is 5.31. The van der Waals surface area contributed by atoms with Crippen LogP contribution in [-0.2, 0) is 0 Å². The molecule has 104 valence electrons. The molecule has 20 heavy (non-hydrogen) atoms. The van der Waals surface area contributed by atoms with Gasteiger partial charge < -0.3 is 9.51 Å². The summed E-state index contributed by atoms with van der Waals surface area (Å²) in [6, 6.07) is 3.80. The molecule has 0 amide bonds. The van der Waals surface area contributed by atoms with Crippen molar-refractivity contribution in [2.24, 2.45) is 5.41 Å². The van der Waals surface area contributed by atoms with Crippen LogP contribution < -0.4 is 0 Å². The zero-order valence-corrected chi connectivity index (χ0v) is 11.8. The molecule has 0 aliphatic heterocycles. The molecule has 0 atom stereocenters. The second-order valence-electron chi connectivity index (χ2n) is 6.31. The first-order valence-electron chi connectivity index (χ1n) is 7.00. The van der Waals surface area contributed by atoms with Crippen LogP contribution in [0.2, 0.25) is 0 Å². The minimum absolute atomic E-state index is 0.394. The molecular weight excluding hydrogens is 252 g/mol. The molecule has 0 bridgehead atoms. The van der Waals surface area contributed by atoms with Crippen LogP contribution in [0.25, 0.3) is 11.6 Å². The van der Waals surface area contributed by atoms with Gasteiger partial charge >= 0.3 is 0 Å². The lowest BCUT2D eigenvalue weighted by atomic mass is 9.73. The van der Waals surface area contributed by atoms with Crippen molar-refractivity contribution in [1.29, 1.82) is 5.26 Å². The Morgan fingerprint density at radius 2 is 2.15 bits per heavy atom. The van der Waals surface area contributed by atoms with Crippen molar-refractivity contribution in [3.63, 3.8) is 0 Å². The van der Waals surface area contributed by atoms with E-state index in [4.69, 9.17) is 9.78 Å². The van der Waals surface area contributed by atoms with Crippen LogP contribution in [0.15, 0.2) is 16.8 Å². The Balaban J connectivity index is 1.76. The number of H-pyrrole nitrogens is 1. The maximum absolute atomic E-state index is 8.82. The van der Waals surface area contributed by atoms with Gasteiger partial charge in [0.15, 0.2) is 5.82 Å². The minimum atomic E-state index is 0.394. The Hall–Kier alpha value is -2.09. The normalized spacial score (nSPS) is 18.9. The summed E-state index contributed by atoms with van der Waals surface area (Å²) >= 11 is 0. The molecule has 0 saturated heterocycles. The van der Waals surface area contributed by atoms with E-state index in [0.717, 1.165) is 18.7 Å². The smallest absolute Gasteiger partial charge is 0.274 e. The number of hydrogen-bond acceptors (Lipinski definition) is 4. The highest BCUT2D eigenvalue weighted by Crippen LogP contribution is 2.41. The molecule has 1 fully saturated rings. The highest BCUT2D eigenvalue weighted by atomic mass is 16.5. The standard InChI is InChI=1S/C15H18N4O/c1-15(2)5-3-11(4-6-15)13-18-14(20-19-13)12-7-10(8-16)9-17-12/h7,9,11,17H,3-6H2,1-2H3. The molecule has 0 unspecified atom stereocenters.